The average Bonchev–Trinajstić information content (AvgIpc) is 2.99. The van der Waals surface area contributed by atoms with Gasteiger partial charge in [-0.2, -0.15) is 10.4 Å². The van der Waals surface area contributed by atoms with Crippen LogP contribution in [0.5, 0.6) is 5.88 Å². The quantitative estimate of drug-likeness (QED) is 0.649. The largest absolute Gasteiger partial charge is 0.467 e. The predicted octanol–water partition coefficient (Wildman–Crippen LogP) is 3.35. The Bertz CT molecular complexity index is 1140. The van der Waals surface area contributed by atoms with Crippen molar-refractivity contribution >= 4 is 11.9 Å². The monoisotopic (exact) mass is 372 g/mol. The van der Waals surface area contributed by atoms with Crippen LogP contribution in [0.2, 0.25) is 0 Å². The molecule has 0 saturated heterocycles. The van der Waals surface area contributed by atoms with Crippen molar-refractivity contribution in [3.8, 4) is 23.2 Å². The van der Waals surface area contributed by atoms with Gasteiger partial charge in [0.15, 0.2) is 5.82 Å². The molecule has 7 heteroatoms. The van der Waals surface area contributed by atoms with Crippen LogP contribution in [0.1, 0.15) is 41.1 Å². The van der Waals surface area contributed by atoms with Gasteiger partial charge in [-0.15, -0.1) is 0 Å². The lowest BCUT2D eigenvalue weighted by Gasteiger charge is -2.19. The lowest BCUT2D eigenvalue weighted by atomic mass is 9.99. The second-order valence-corrected chi connectivity index (χ2v) is 6.85. The van der Waals surface area contributed by atoms with Gasteiger partial charge >= 0.3 is 0 Å². The summed E-state index contributed by atoms with van der Waals surface area (Å²) in [6.45, 7) is 4.01. The van der Waals surface area contributed by atoms with Crippen LogP contribution in [0.3, 0.4) is 0 Å². The Labute approximate surface area is 163 Å². The molecule has 0 fully saturated rings. The van der Waals surface area contributed by atoms with Crippen molar-refractivity contribution in [3.05, 3.63) is 58.6 Å². The van der Waals surface area contributed by atoms with Crippen LogP contribution < -0.4 is 10.5 Å². The van der Waals surface area contributed by atoms with E-state index in [2.05, 4.69) is 45.4 Å². The number of fused-ring (bicyclic) bond motifs is 5. The number of rotatable bonds is 0. The summed E-state index contributed by atoms with van der Waals surface area (Å²) >= 11 is 0. The number of hydrogen-bond acceptors (Lipinski definition) is 6. The van der Waals surface area contributed by atoms with Crippen LogP contribution >= 0.6 is 0 Å². The number of aromatic nitrogens is 4. The van der Waals surface area contributed by atoms with Crippen LogP contribution in [-0.4, -0.2) is 19.7 Å². The standard InChI is InChI=1S/C21H20N6O/c1-12-7-8-14-5-4-6-16-19(18(10-22)27(3)26-16)17-11-24-20(23)21(25-17)28-13(2)15(14)9-12/h4-5,7-9,11,13H,6H2,1-3H3,(H2,23,24)/t13-/m1/s1. The number of ether oxygens (including phenoxy) is 1. The molecule has 2 N–H and O–H groups in total. The van der Waals surface area contributed by atoms with Crippen LogP contribution in [0, 0.1) is 18.3 Å². The Kier molecular flexibility index (Phi) is 4.32. The molecule has 1 aromatic carbocycles. The van der Waals surface area contributed by atoms with Crippen molar-refractivity contribution in [2.45, 2.75) is 26.4 Å². The maximum absolute atomic E-state index is 9.60. The SMILES string of the molecule is Cc1ccc2c(c1)[C@@H](C)Oc1nc(cnc1N)-c1c(nn(C)c1C#N)CC=C2. The van der Waals surface area contributed by atoms with E-state index in [0.717, 1.165) is 22.4 Å². The minimum atomic E-state index is -0.269. The van der Waals surface area contributed by atoms with E-state index in [0.29, 0.717) is 23.4 Å². The first-order valence-electron chi connectivity index (χ1n) is 9.00. The molecule has 140 valence electrons. The van der Waals surface area contributed by atoms with Crippen LogP contribution in [-0.2, 0) is 13.5 Å². The molecule has 1 atom stereocenters. The molecule has 0 saturated carbocycles. The Morgan fingerprint density at radius 3 is 2.96 bits per heavy atom. The van der Waals surface area contributed by atoms with Gasteiger partial charge in [0.25, 0.3) is 5.88 Å². The van der Waals surface area contributed by atoms with Gasteiger partial charge in [-0.1, -0.05) is 35.9 Å². The molecule has 0 aliphatic carbocycles. The maximum Gasteiger partial charge on any atom is 0.258 e. The number of nitriles is 1. The first kappa shape index (κ1) is 17.7. The van der Waals surface area contributed by atoms with E-state index in [1.165, 1.54) is 0 Å². The average molecular weight is 372 g/mol. The summed E-state index contributed by atoms with van der Waals surface area (Å²) in [6, 6.07) is 8.44. The lowest BCUT2D eigenvalue weighted by molar-refractivity contribution is 0.218. The van der Waals surface area contributed by atoms with Gasteiger partial charge < -0.3 is 10.5 Å². The third kappa shape index (κ3) is 2.99. The first-order valence-corrected chi connectivity index (χ1v) is 9.00. The zero-order valence-corrected chi connectivity index (χ0v) is 16.0. The highest BCUT2D eigenvalue weighted by Crippen LogP contribution is 2.32. The Balaban J connectivity index is 1.96. The second kappa shape index (κ2) is 6.82. The van der Waals surface area contributed by atoms with E-state index in [-0.39, 0.29) is 17.8 Å². The molecule has 1 aliphatic heterocycles. The van der Waals surface area contributed by atoms with Crippen LogP contribution in [0.4, 0.5) is 5.82 Å². The third-order valence-electron chi connectivity index (χ3n) is 4.83. The van der Waals surface area contributed by atoms with E-state index in [1.54, 1.807) is 17.9 Å². The number of benzene rings is 1. The molecule has 0 radical (unpaired) electrons. The number of nitrogen functional groups attached to an aromatic ring is 1. The van der Waals surface area contributed by atoms with Gasteiger partial charge in [0.1, 0.15) is 17.9 Å². The molecule has 28 heavy (non-hydrogen) atoms. The van der Waals surface area contributed by atoms with Gasteiger partial charge in [-0.3, -0.25) is 4.68 Å². The van der Waals surface area contributed by atoms with Gasteiger partial charge in [-0.05, 0) is 25.0 Å². The first-order chi connectivity index (χ1) is 13.5. The molecule has 3 heterocycles. The fraction of sp³-hybridized carbons (Fsp3) is 0.238. The zero-order valence-electron chi connectivity index (χ0n) is 16.0. The Hall–Kier alpha value is -3.66. The molecule has 2 aromatic heterocycles. The van der Waals surface area contributed by atoms with Crippen molar-refractivity contribution in [1.82, 2.24) is 19.7 Å². The van der Waals surface area contributed by atoms with Crippen molar-refractivity contribution in [3.63, 3.8) is 0 Å². The van der Waals surface area contributed by atoms with Crippen molar-refractivity contribution in [1.29, 1.82) is 5.26 Å². The van der Waals surface area contributed by atoms with E-state index in [4.69, 9.17) is 10.5 Å². The van der Waals surface area contributed by atoms with Gasteiger partial charge in [0.2, 0.25) is 0 Å². The number of aryl methyl sites for hydroxylation is 2. The van der Waals surface area contributed by atoms with Crippen LogP contribution in [0.25, 0.3) is 17.3 Å². The van der Waals surface area contributed by atoms with Gasteiger partial charge in [0.05, 0.1) is 23.1 Å². The molecule has 2 bridgehead atoms. The highest BCUT2D eigenvalue weighted by molar-refractivity contribution is 5.70. The van der Waals surface area contributed by atoms with E-state index >= 15 is 0 Å². The number of nitrogens with two attached hydrogens (primary N) is 1. The normalized spacial score (nSPS) is 15.4. The molecule has 7 nitrogen and oxygen atoms in total. The lowest BCUT2D eigenvalue weighted by Crippen LogP contribution is -2.10. The summed E-state index contributed by atoms with van der Waals surface area (Å²) in [7, 11) is 1.75. The number of allylic oxidation sites excluding steroid dienone is 1. The number of nitrogens with zero attached hydrogens (tertiary/aromatic N) is 5. The Morgan fingerprint density at radius 1 is 1.36 bits per heavy atom. The predicted molar refractivity (Wildman–Crippen MR) is 106 cm³/mol. The minimum Gasteiger partial charge on any atom is -0.467 e. The van der Waals surface area contributed by atoms with Crippen LogP contribution in [0.15, 0.2) is 30.5 Å². The number of hydrogen-bond donors (Lipinski definition) is 1. The van der Waals surface area contributed by atoms with E-state index in [9.17, 15) is 5.26 Å². The van der Waals surface area contributed by atoms with Crippen molar-refractivity contribution in [2.75, 3.05) is 5.73 Å². The molecule has 4 rings (SSSR count). The fourth-order valence-electron chi connectivity index (χ4n) is 3.43. The molecular formula is C21H20N6O. The summed E-state index contributed by atoms with van der Waals surface area (Å²) in [5.74, 6) is 0.460. The summed E-state index contributed by atoms with van der Waals surface area (Å²) in [6.07, 6.45) is 5.96. The third-order valence-corrected chi connectivity index (χ3v) is 4.83. The highest BCUT2D eigenvalue weighted by Gasteiger charge is 2.22. The summed E-state index contributed by atoms with van der Waals surface area (Å²) in [5, 5.41) is 14.1. The molecule has 0 spiro atoms. The second-order valence-electron chi connectivity index (χ2n) is 6.85. The number of anilines is 1. The van der Waals surface area contributed by atoms with Crippen molar-refractivity contribution in [2.24, 2.45) is 7.05 Å². The molecule has 0 amide bonds. The highest BCUT2D eigenvalue weighted by atomic mass is 16.5. The van der Waals surface area contributed by atoms with Gasteiger partial charge in [-0.25, -0.2) is 9.97 Å². The topological polar surface area (TPSA) is 103 Å². The van der Waals surface area contributed by atoms with Gasteiger partial charge in [0, 0.05) is 13.5 Å². The summed E-state index contributed by atoms with van der Waals surface area (Å²) < 4.78 is 7.66. The zero-order chi connectivity index (χ0) is 19.8. The fourth-order valence-corrected chi connectivity index (χ4v) is 3.43. The molecule has 1 aliphatic rings. The molecular weight excluding hydrogens is 352 g/mol. The maximum atomic E-state index is 9.60. The molecule has 3 aromatic rings. The summed E-state index contributed by atoms with van der Waals surface area (Å²) in [4.78, 5) is 8.82. The molecule has 0 unspecified atom stereocenters. The van der Waals surface area contributed by atoms with E-state index in [1.807, 2.05) is 19.9 Å². The smallest absolute Gasteiger partial charge is 0.258 e. The van der Waals surface area contributed by atoms with Crippen molar-refractivity contribution < 1.29 is 4.74 Å². The van der Waals surface area contributed by atoms with E-state index < -0.39 is 0 Å². The minimum absolute atomic E-state index is 0.210. The summed E-state index contributed by atoms with van der Waals surface area (Å²) in [5.41, 5.74) is 11.6. The Morgan fingerprint density at radius 2 is 2.18 bits per heavy atom.